The maximum Gasteiger partial charge on any atom is 0.0449 e. The Labute approximate surface area is 127 Å². The Kier molecular flexibility index (Phi) is 6.91. The Bertz CT molecular complexity index is 390. The number of aliphatic hydroxyl groups is 1. The average molecular weight is 293 g/mol. The maximum atomic E-state index is 9.13. The molecule has 0 heterocycles. The first-order valence-electron chi connectivity index (χ1n) is 7.84. The van der Waals surface area contributed by atoms with Crippen molar-refractivity contribution in [3.8, 4) is 0 Å². The first-order chi connectivity index (χ1) is 9.83. The molecule has 0 saturated heterocycles. The van der Waals surface area contributed by atoms with Crippen molar-refractivity contribution in [3.05, 3.63) is 29.8 Å². The summed E-state index contributed by atoms with van der Waals surface area (Å²) in [6.45, 7) is 0.227. The molecule has 20 heavy (non-hydrogen) atoms. The maximum absolute atomic E-state index is 9.13. The number of hydrogen-bond donors (Lipinski definition) is 2. The van der Waals surface area contributed by atoms with Crippen molar-refractivity contribution in [1.29, 1.82) is 0 Å². The van der Waals surface area contributed by atoms with E-state index in [4.69, 9.17) is 5.11 Å². The predicted molar refractivity (Wildman–Crippen MR) is 87.2 cm³/mol. The fraction of sp³-hybridized carbons (Fsp3) is 0.647. The highest BCUT2D eigenvalue weighted by molar-refractivity contribution is 7.99. The van der Waals surface area contributed by atoms with Crippen molar-refractivity contribution < 1.29 is 5.11 Å². The van der Waals surface area contributed by atoms with Gasteiger partial charge in [0.15, 0.2) is 0 Å². The highest BCUT2D eigenvalue weighted by Gasteiger charge is 2.14. The van der Waals surface area contributed by atoms with Crippen LogP contribution in [0.3, 0.4) is 0 Å². The average Bonchev–Trinajstić information content (AvgIpc) is 2.52. The largest absolute Gasteiger partial charge is 0.396 e. The van der Waals surface area contributed by atoms with Gasteiger partial charge in [0, 0.05) is 23.3 Å². The van der Waals surface area contributed by atoms with Crippen LogP contribution in [0.4, 0.5) is 0 Å². The van der Waals surface area contributed by atoms with Crippen LogP contribution in [0.25, 0.3) is 0 Å². The van der Waals surface area contributed by atoms with Crippen molar-refractivity contribution in [3.63, 3.8) is 0 Å². The van der Waals surface area contributed by atoms with Crippen molar-refractivity contribution in [2.24, 2.45) is 5.92 Å². The Hall–Kier alpha value is -0.510. The predicted octanol–water partition coefficient (Wildman–Crippen LogP) is 4.00. The van der Waals surface area contributed by atoms with Gasteiger partial charge in [-0.1, -0.05) is 31.4 Å². The summed E-state index contributed by atoms with van der Waals surface area (Å²) < 4.78 is 0. The number of nitrogens with one attached hydrogen (secondary N) is 1. The van der Waals surface area contributed by atoms with E-state index in [2.05, 4.69) is 29.6 Å². The summed E-state index contributed by atoms with van der Waals surface area (Å²) in [6.07, 6.45) is 7.87. The molecular weight excluding hydrogens is 266 g/mol. The summed E-state index contributed by atoms with van der Waals surface area (Å²) in [6, 6.07) is 9.05. The van der Waals surface area contributed by atoms with Crippen LogP contribution in [0.2, 0.25) is 0 Å². The standard InChI is InChI=1S/C17H27NOS/c1-18-17(10-11-19)15-8-5-9-16(12-15)20-13-14-6-3-2-4-7-14/h5,8-9,12,14,17-19H,2-4,6-7,10-11,13H2,1H3. The van der Waals surface area contributed by atoms with Gasteiger partial charge in [0.25, 0.3) is 0 Å². The van der Waals surface area contributed by atoms with Gasteiger partial charge >= 0.3 is 0 Å². The number of aliphatic hydroxyl groups excluding tert-OH is 1. The van der Waals surface area contributed by atoms with Crippen LogP contribution in [0.1, 0.15) is 50.1 Å². The van der Waals surface area contributed by atoms with Gasteiger partial charge in [-0.2, -0.15) is 0 Å². The Morgan fingerprint density at radius 1 is 1.30 bits per heavy atom. The zero-order valence-electron chi connectivity index (χ0n) is 12.5. The first kappa shape index (κ1) is 15.9. The molecule has 3 heteroatoms. The van der Waals surface area contributed by atoms with E-state index >= 15 is 0 Å². The smallest absolute Gasteiger partial charge is 0.0449 e. The van der Waals surface area contributed by atoms with Crippen molar-refractivity contribution >= 4 is 11.8 Å². The number of hydrogen-bond acceptors (Lipinski definition) is 3. The lowest BCUT2D eigenvalue weighted by atomic mass is 9.91. The first-order valence-corrected chi connectivity index (χ1v) is 8.83. The molecule has 0 radical (unpaired) electrons. The van der Waals surface area contributed by atoms with Gasteiger partial charge in [-0.3, -0.25) is 0 Å². The quantitative estimate of drug-likeness (QED) is 0.745. The molecule has 1 atom stereocenters. The molecule has 1 saturated carbocycles. The SMILES string of the molecule is CNC(CCO)c1cccc(SCC2CCCCC2)c1. The van der Waals surface area contributed by atoms with Crippen molar-refractivity contribution in [2.45, 2.75) is 49.5 Å². The van der Waals surface area contributed by atoms with Crippen LogP contribution in [-0.2, 0) is 0 Å². The summed E-state index contributed by atoms with van der Waals surface area (Å²) >= 11 is 2.00. The van der Waals surface area contributed by atoms with E-state index in [-0.39, 0.29) is 12.6 Å². The molecule has 1 fully saturated rings. The van der Waals surface area contributed by atoms with Crippen molar-refractivity contribution in [2.75, 3.05) is 19.4 Å². The Balaban J connectivity index is 1.91. The molecule has 0 spiro atoms. The minimum atomic E-state index is 0.227. The second-order valence-corrected chi connectivity index (χ2v) is 6.83. The second kappa shape index (κ2) is 8.71. The summed E-state index contributed by atoms with van der Waals surface area (Å²) in [5, 5.41) is 12.4. The molecule has 1 aliphatic carbocycles. The van der Waals surface area contributed by atoms with Crippen LogP contribution in [0.15, 0.2) is 29.2 Å². The van der Waals surface area contributed by atoms with E-state index in [0.717, 1.165) is 12.3 Å². The van der Waals surface area contributed by atoms with Gasteiger partial charge < -0.3 is 10.4 Å². The van der Waals surface area contributed by atoms with E-state index < -0.39 is 0 Å². The third-order valence-electron chi connectivity index (χ3n) is 4.24. The number of benzene rings is 1. The van der Waals surface area contributed by atoms with E-state index in [0.29, 0.717) is 0 Å². The lowest BCUT2D eigenvalue weighted by molar-refractivity contribution is 0.268. The summed E-state index contributed by atoms with van der Waals surface area (Å²) in [7, 11) is 1.96. The molecular formula is C17H27NOS. The Morgan fingerprint density at radius 3 is 2.80 bits per heavy atom. The topological polar surface area (TPSA) is 32.3 Å². The van der Waals surface area contributed by atoms with Crippen LogP contribution < -0.4 is 5.32 Å². The molecule has 2 N–H and O–H groups in total. The van der Waals surface area contributed by atoms with Crippen LogP contribution in [0.5, 0.6) is 0 Å². The molecule has 0 aromatic heterocycles. The molecule has 0 aliphatic heterocycles. The number of thioether (sulfide) groups is 1. The molecule has 1 aromatic rings. The molecule has 1 aliphatic rings. The fourth-order valence-electron chi connectivity index (χ4n) is 3.00. The number of rotatable bonds is 7. The lowest BCUT2D eigenvalue weighted by Gasteiger charge is -2.21. The summed E-state index contributed by atoms with van der Waals surface area (Å²) in [5.74, 6) is 2.17. The highest BCUT2D eigenvalue weighted by atomic mass is 32.2. The highest BCUT2D eigenvalue weighted by Crippen LogP contribution is 2.31. The zero-order chi connectivity index (χ0) is 14.2. The molecule has 0 bridgehead atoms. The third-order valence-corrected chi connectivity index (χ3v) is 5.46. The van der Waals surface area contributed by atoms with E-state index in [1.807, 2.05) is 18.8 Å². The molecule has 2 rings (SSSR count). The van der Waals surface area contributed by atoms with Crippen LogP contribution in [0, 0.1) is 5.92 Å². The van der Waals surface area contributed by atoms with Gasteiger partial charge in [-0.25, -0.2) is 0 Å². The molecule has 1 aromatic carbocycles. The minimum Gasteiger partial charge on any atom is -0.396 e. The molecule has 112 valence electrons. The Morgan fingerprint density at radius 2 is 2.10 bits per heavy atom. The van der Waals surface area contributed by atoms with Gasteiger partial charge in [-0.15, -0.1) is 11.8 Å². The summed E-state index contributed by atoms with van der Waals surface area (Å²) in [5.41, 5.74) is 1.29. The molecule has 0 amide bonds. The summed E-state index contributed by atoms with van der Waals surface area (Å²) in [4.78, 5) is 1.37. The van der Waals surface area contributed by atoms with Gasteiger partial charge in [0.05, 0.1) is 0 Å². The fourth-order valence-corrected chi connectivity index (χ4v) is 4.15. The monoisotopic (exact) mass is 293 g/mol. The van der Waals surface area contributed by atoms with Crippen LogP contribution >= 0.6 is 11.8 Å². The van der Waals surface area contributed by atoms with Crippen molar-refractivity contribution in [1.82, 2.24) is 5.32 Å². The van der Waals surface area contributed by atoms with Gasteiger partial charge in [-0.05, 0) is 49.9 Å². The van der Waals surface area contributed by atoms with Gasteiger partial charge in [0.2, 0.25) is 0 Å². The van der Waals surface area contributed by atoms with Gasteiger partial charge in [0.1, 0.15) is 0 Å². The molecule has 1 unspecified atom stereocenters. The minimum absolute atomic E-state index is 0.227. The van der Waals surface area contributed by atoms with E-state index in [9.17, 15) is 0 Å². The zero-order valence-corrected chi connectivity index (χ0v) is 13.3. The second-order valence-electron chi connectivity index (χ2n) is 5.74. The van der Waals surface area contributed by atoms with E-state index in [1.165, 1.54) is 48.3 Å². The van der Waals surface area contributed by atoms with E-state index in [1.54, 1.807) is 0 Å². The normalized spacial score (nSPS) is 18.1. The molecule has 2 nitrogen and oxygen atoms in total. The lowest BCUT2D eigenvalue weighted by Crippen LogP contribution is -2.17. The van der Waals surface area contributed by atoms with Crippen LogP contribution in [-0.4, -0.2) is 24.5 Å². The third kappa shape index (κ3) is 4.80.